The van der Waals surface area contributed by atoms with Crippen molar-refractivity contribution in [1.29, 1.82) is 0 Å². The molecule has 0 aromatic heterocycles. The SMILES string of the molecule is CC(CNC(=O)N[C@@H](CC(=O)O)C(=O)O)CN1CCCC1. The average Bonchev–Trinajstić information content (AvgIpc) is 2.87. The Labute approximate surface area is 123 Å². The Morgan fingerprint density at radius 3 is 2.33 bits per heavy atom. The largest absolute Gasteiger partial charge is 0.481 e. The number of nitrogens with zero attached hydrogens (tertiary/aromatic N) is 1. The lowest BCUT2D eigenvalue weighted by Crippen LogP contribution is -2.48. The summed E-state index contributed by atoms with van der Waals surface area (Å²) >= 11 is 0. The fourth-order valence-electron chi connectivity index (χ4n) is 2.32. The zero-order valence-electron chi connectivity index (χ0n) is 12.2. The summed E-state index contributed by atoms with van der Waals surface area (Å²) in [6.07, 6.45) is 1.76. The first kappa shape index (κ1) is 17.2. The molecule has 8 nitrogen and oxygen atoms in total. The lowest BCUT2D eigenvalue weighted by atomic mass is 10.1. The summed E-state index contributed by atoms with van der Waals surface area (Å²) in [6, 6.07) is -2.08. The van der Waals surface area contributed by atoms with Gasteiger partial charge in [0.05, 0.1) is 6.42 Å². The van der Waals surface area contributed by atoms with E-state index in [2.05, 4.69) is 15.5 Å². The molecule has 1 rings (SSSR count). The molecule has 0 aliphatic carbocycles. The number of rotatable bonds is 8. The Bertz CT molecular complexity index is 382. The number of hydrogen-bond donors (Lipinski definition) is 4. The van der Waals surface area contributed by atoms with Gasteiger partial charge in [-0.1, -0.05) is 6.92 Å². The number of nitrogens with one attached hydrogen (secondary N) is 2. The number of amides is 2. The van der Waals surface area contributed by atoms with E-state index < -0.39 is 30.4 Å². The van der Waals surface area contributed by atoms with Crippen molar-refractivity contribution in [2.24, 2.45) is 5.92 Å². The number of carboxylic acids is 2. The number of likely N-dealkylation sites (tertiary alicyclic amines) is 1. The fraction of sp³-hybridized carbons (Fsp3) is 0.769. The summed E-state index contributed by atoms with van der Waals surface area (Å²) in [4.78, 5) is 35.3. The summed E-state index contributed by atoms with van der Waals surface area (Å²) in [5, 5.41) is 22.1. The molecule has 2 amide bonds. The van der Waals surface area contributed by atoms with Gasteiger partial charge in [0, 0.05) is 13.1 Å². The van der Waals surface area contributed by atoms with Gasteiger partial charge in [-0.3, -0.25) is 4.79 Å². The first-order valence-corrected chi connectivity index (χ1v) is 7.09. The van der Waals surface area contributed by atoms with Crippen molar-refractivity contribution < 1.29 is 24.6 Å². The van der Waals surface area contributed by atoms with Gasteiger partial charge >= 0.3 is 18.0 Å². The number of urea groups is 1. The molecule has 1 heterocycles. The third-order valence-electron chi connectivity index (χ3n) is 3.36. The van der Waals surface area contributed by atoms with Gasteiger partial charge in [-0.05, 0) is 31.8 Å². The standard InChI is InChI=1S/C13H23N3O5/c1-9(8-16-4-2-3-5-16)7-14-13(21)15-10(12(19)20)6-11(17)18/h9-10H,2-8H2,1H3,(H,17,18)(H,19,20)(H2,14,15,21)/t9?,10-/m0/s1. The van der Waals surface area contributed by atoms with Crippen LogP contribution >= 0.6 is 0 Å². The topological polar surface area (TPSA) is 119 Å². The van der Waals surface area contributed by atoms with Crippen LogP contribution in [0.25, 0.3) is 0 Å². The first-order valence-electron chi connectivity index (χ1n) is 7.09. The molecule has 0 radical (unpaired) electrons. The third kappa shape index (κ3) is 6.94. The zero-order chi connectivity index (χ0) is 15.8. The van der Waals surface area contributed by atoms with E-state index in [1.54, 1.807) is 0 Å². The van der Waals surface area contributed by atoms with Gasteiger partial charge in [0.25, 0.3) is 0 Å². The molecule has 1 fully saturated rings. The Morgan fingerprint density at radius 2 is 1.81 bits per heavy atom. The average molecular weight is 301 g/mol. The first-order chi connectivity index (χ1) is 9.88. The van der Waals surface area contributed by atoms with E-state index in [0.717, 1.165) is 19.6 Å². The van der Waals surface area contributed by atoms with Gasteiger partial charge in [-0.2, -0.15) is 0 Å². The van der Waals surface area contributed by atoms with Crippen molar-refractivity contribution in [3.8, 4) is 0 Å². The molecule has 0 aromatic carbocycles. The molecule has 0 saturated carbocycles. The van der Waals surface area contributed by atoms with Crippen LogP contribution in [0.2, 0.25) is 0 Å². The van der Waals surface area contributed by atoms with Crippen LogP contribution in [0.5, 0.6) is 0 Å². The molecule has 0 bridgehead atoms. The number of carbonyl (C=O) groups is 3. The Hall–Kier alpha value is -1.83. The predicted octanol–water partition coefficient (Wildman–Crippen LogP) is -0.0546. The van der Waals surface area contributed by atoms with Crippen LogP contribution in [-0.4, -0.2) is 65.3 Å². The predicted molar refractivity (Wildman–Crippen MR) is 75.0 cm³/mol. The van der Waals surface area contributed by atoms with Gasteiger partial charge in [0.2, 0.25) is 0 Å². The second-order valence-corrected chi connectivity index (χ2v) is 5.46. The molecule has 120 valence electrons. The molecular formula is C13H23N3O5. The van der Waals surface area contributed by atoms with Gasteiger partial charge < -0.3 is 25.7 Å². The van der Waals surface area contributed by atoms with Crippen molar-refractivity contribution >= 4 is 18.0 Å². The second-order valence-electron chi connectivity index (χ2n) is 5.46. The van der Waals surface area contributed by atoms with Crippen LogP contribution in [0.3, 0.4) is 0 Å². The van der Waals surface area contributed by atoms with E-state index in [1.807, 2.05) is 6.92 Å². The van der Waals surface area contributed by atoms with Gasteiger partial charge in [0.1, 0.15) is 6.04 Å². The Balaban J connectivity index is 2.27. The summed E-state index contributed by atoms with van der Waals surface area (Å²) in [6.45, 7) is 5.47. The highest BCUT2D eigenvalue weighted by atomic mass is 16.4. The third-order valence-corrected chi connectivity index (χ3v) is 3.36. The quantitative estimate of drug-likeness (QED) is 0.499. The van der Waals surface area contributed by atoms with Crippen LogP contribution in [0.15, 0.2) is 0 Å². The van der Waals surface area contributed by atoms with Gasteiger partial charge in [0.15, 0.2) is 0 Å². The van der Waals surface area contributed by atoms with E-state index in [4.69, 9.17) is 10.2 Å². The highest BCUT2D eigenvalue weighted by Crippen LogP contribution is 2.09. The van der Waals surface area contributed by atoms with E-state index in [1.165, 1.54) is 12.8 Å². The van der Waals surface area contributed by atoms with Crippen molar-refractivity contribution in [3.63, 3.8) is 0 Å². The van der Waals surface area contributed by atoms with E-state index in [0.29, 0.717) is 6.54 Å². The van der Waals surface area contributed by atoms with Crippen molar-refractivity contribution in [2.45, 2.75) is 32.2 Å². The van der Waals surface area contributed by atoms with E-state index >= 15 is 0 Å². The minimum Gasteiger partial charge on any atom is -0.481 e. The Morgan fingerprint density at radius 1 is 1.19 bits per heavy atom. The monoisotopic (exact) mass is 301 g/mol. The molecule has 1 unspecified atom stereocenters. The summed E-state index contributed by atoms with van der Waals surface area (Å²) < 4.78 is 0. The van der Waals surface area contributed by atoms with Crippen molar-refractivity contribution in [2.75, 3.05) is 26.2 Å². The van der Waals surface area contributed by atoms with Crippen LogP contribution in [0.1, 0.15) is 26.2 Å². The van der Waals surface area contributed by atoms with Crippen LogP contribution in [-0.2, 0) is 9.59 Å². The van der Waals surface area contributed by atoms with E-state index in [-0.39, 0.29) is 5.92 Å². The molecular weight excluding hydrogens is 278 g/mol. The molecule has 21 heavy (non-hydrogen) atoms. The molecule has 0 spiro atoms. The van der Waals surface area contributed by atoms with Crippen molar-refractivity contribution in [1.82, 2.24) is 15.5 Å². The number of carboxylic acid groups (broad SMARTS) is 2. The highest BCUT2D eigenvalue weighted by Gasteiger charge is 2.23. The van der Waals surface area contributed by atoms with Gasteiger partial charge in [-0.25, -0.2) is 9.59 Å². The maximum atomic E-state index is 11.6. The zero-order valence-corrected chi connectivity index (χ0v) is 12.2. The number of hydrogen-bond acceptors (Lipinski definition) is 4. The van der Waals surface area contributed by atoms with Gasteiger partial charge in [-0.15, -0.1) is 0 Å². The lowest BCUT2D eigenvalue weighted by molar-refractivity contribution is -0.145. The number of aliphatic carboxylic acids is 2. The Kier molecular flexibility index (Phi) is 6.93. The fourth-order valence-corrected chi connectivity index (χ4v) is 2.32. The highest BCUT2D eigenvalue weighted by molar-refractivity contribution is 5.86. The van der Waals surface area contributed by atoms with E-state index in [9.17, 15) is 14.4 Å². The summed E-state index contributed by atoms with van der Waals surface area (Å²) in [7, 11) is 0. The normalized spacial score (nSPS) is 18.0. The molecule has 1 aliphatic rings. The van der Waals surface area contributed by atoms with Crippen LogP contribution in [0.4, 0.5) is 4.79 Å². The molecule has 1 aliphatic heterocycles. The van der Waals surface area contributed by atoms with Crippen molar-refractivity contribution in [3.05, 3.63) is 0 Å². The maximum Gasteiger partial charge on any atom is 0.326 e. The smallest absolute Gasteiger partial charge is 0.326 e. The number of carbonyl (C=O) groups excluding carboxylic acids is 1. The molecule has 0 aromatic rings. The lowest BCUT2D eigenvalue weighted by Gasteiger charge is -2.21. The summed E-state index contributed by atoms with van der Waals surface area (Å²) in [5.41, 5.74) is 0. The maximum absolute atomic E-state index is 11.6. The van der Waals surface area contributed by atoms with Crippen LogP contribution < -0.4 is 10.6 Å². The molecule has 8 heteroatoms. The summed E-state index contributed by atoms with van der Waals surface area (Å²) in [5.74, 6) is -2.39. The minimum absolute atomic E-state index is 0.247. The second kappa shape index (κ2) is 8.46. The molecule has 4 N–H and O–H groups in total. The molecule has 2 atom stereocenters. The minimum atomic E-state index is -1.42. The van der Waals surface area contributed by atoms with Crippen LogP contribution in [0, 0.1) is 5.92 Å². The molecule has 1 saturated heterocycles.